The molecule has 0 fully saturated rings. The molecule has 0 aromatic carbocycles. The lowest BCUT2D eigenvalue weighted by Crippen LogP contribution is -1.97. The minimum atomic E-state index is 0.787. The van der Waals surface area contributed by atoms with Crippen molar-refractivity contribution in [3.63, 3.8) is 0 Å². The molecule has 0 radical (unpaired) electrons. The van der Waals surface area contributed by atoms with Gasteiger partial charge in [-0.1, -0.05) is 90.4 Å². The first-order valence-electron chi connectivity index (χ1n) is 9.55. The number of rotatable bonds is 16. The topological polar surface area (TPSA) is 37.9 Å². The zero-order valence-corrected chi connectivity index (χ0v) is 14.6. The van der Waals surface area contributed by atoms with Crippen LogP contribution in [-0.2, 0) is 0 Å². The molecule has 0 amide bonds. The fourth-order valence-corrected chi connectivity index (χ4v) is 2.80. The lowest BCUT2D eigenvalue weighted by atomic mass is 10.0. The van der Waals surface area contributed by atoms with Crippen molar-refractivity contribution in [2.24, 2.45) is 0 Å². The van der Waals surface area contributed by atoms with Gasteiger partial charge in [-0.2, -0.15) is 5.10 Å². The molecule has 0 spiro atoms. The first-order valence-corrected chi connectivity index (χ1v) is 9.55. The van der Waals surface area contributed by atoms with E-state index in [-0.39, 0.29) is 0 Å². The van der Waals surface area contributed by atoms with Gasteiger partial charge in [-0.15, -0.1) is 0 Å². The van der Waals surface area contributed by atoms with Crippen molar-refractivity contribution in [1.29, 1.82) is 0 Å². The fourth-order valence-electron chi connectivity index (χ4n) is 2.80. The molecule has 22 heavy (non-hydrogen) atoms. The molecular weight excluding hydrogens is 272 g/mol. The molecule has 0 bridgehead atoms. The maximum Gasteiger partial charge on any atom is 0.208 e. The molecule has 1 aromatic rings. The van der Waals surface area contributed by atoms with Gasteiger partial charge in [0, 0.05) is 6.07 Å². The van der Waals surface area contributed by atoms with Gasteiger partial charge in [0.2, 0.25) is 5.88 Å². The van der Waals surface area contributed by atoms with Crippen LogP contribution in [0.25, 0.3) is 0 Å². The standard InChI is InChI=1S/C19H36N2O/c1-2-3-4-5-6-7-8-9-10-11-12-13-14-15-18-22-19-16-17-20-21-19/h16-17H,2-15,18H2,1H3,(H,20,21). The monoisotopic (exact) mass is 308 g/mol. The Morgan fingerprint density at radius 1 is 0.773 bits per heavy atom. The third-order valence-electron chi connectivity index (χ3n) is 4.23. The van der Waals surface area contributed by atoms with Gasteiger partial charge in [0.15, 0.2) is 0 Å². The second-order valence-electron chi connectivity index (χ2n) is 6.37. The Morgan fingerprint density at radius 2 is 1.27 bits per heavy atom. The third-order valence-corrected chi connectivity index (χ3v) is 4.23. The molecule has 1 aromatic heterocycles. The summed E-state index contributed by atoms with van der Waals surface area (Å²) in [6.45, 7) is 3.09. The summed E-state index contributed by atoms with van der Waals surface area (Å²) in [5.41, 5.74) is 0. The molecule has 3 heteroatoms. The molecular formula is C19H36N2O. The molecule has 0 saturated heterocycles. The van der Waals surface area contributed by atoms with Gasteiger partial charge in [0.25, 0.3) is 0 Å². The van der Waals surface area contributed by atoms with Crippen LogP contribution >= 0.6 is 0 Å². The van der Waals surface area contributed by atoms with E-state index >= 15 is 0 Å². The van der Waals surface area contributed by atoms with E-state index < -0.39 is 0 Å². The quantitative estimate of drug-likeness (QED) is 0.365. The van der Waals surface area contributed by atoms with Crippen LogP contribution in [0.15, 0.2) is 12.3 Å². The first kappa shape index (κ1) is 19.1. The Hall–Kier alpha value is -0.990. The van der Waals surface area contributed by atoms with Gasteiger partial charge >= 0.3 is 0 Å². The largest absolute Gasteiger partial charge is 0.478 e. The second kappa shape index (κ2) is 14.9. The zero-order chi connectivity index (χ0) is 15.7. The molecule has 1 heterocycles. The third kappa shape index (κ3) is 11.6. The highest BCUT2D eigenvalue weighted by Gasteiger charge is 1.95. The summed E-state index contributed by atoms with van der Waals surface area (Å²) in [6.07, 6.45) is 21.2. The molecule has 0 aliphatic rings. The van der Waals surface area contributed by atoms with Crippen molar-refractivity contribution >= 4 is 0 Å². The summed E-state index contributed by atoms with van der Waals surface area (Å²) >= 11 is 0. The minimum absolute atomic E-state index is 0.787. The van der Waals surface area contributed by atoms with Crippen LogP contribution in [-0.4, -0.2) is 16.8 Å². The van der Waals surface area contributed by atoms with E-state index in [1.165, 1.54) is 83.5 Å². The van der Waals surface area contributed by atoms with Gasteiger partial charge in [0.05, 0.1) is 12.8 Å². The molecule has 0 unspecified atom stereocenters. The first-order chi connectivity index (χ1) is 10.9. The van der Waals surface area contributed by atoms with Crippen LogP contribution in [0.1, 0.15) is 96.8 Å². The maximum atomic E-state index is 5.53. The predicted molar refractivity (Wildman–Crippen MR) is 94.4 cm³/mol. The van der Waals surface area contributed by atoms with Crippen LogP contribution < -0.4 is 4.74 Å². The second-order valence-corrected chi connectivity index (χ2v) is 6.37. The summed E-state index contributed by atoms with van der Waals surface area (Å²) in [5, 5.41) is 6.68. The Kier molecular flexibility index (Phi) is 12.9. The number of hydrogen-bond donors (Lipinski definition) is 1. The summed E-state index contributed by atoms with van der Waals surface area (Å²) in [6, 6.07) is 1.86. The number of aromatic amines is 1. The van der Waals surface area contributed by atoms with E-state index in [2.05, 4.69) is 17.1 Å². The van der Waals surface area contributed by atoms with E-state index in [1.807, 2.05) is 6.07 Å². The number of aromatic nitrogens is 2. The minimum Gasteiger partial charge on any atom is -0.478 e. The number of hydrogen-bond acceptors (Lipinski definition) is 2. The van der Waals surface area contributed by atoms with Crippen molar-refractivity contribution in [3.8, 4) is 5.88 Å². The van der Waals surface area contributed by atoms with Gasteiger partial charge in [-0.25, -0.2) is 5.10 Å². The lowest BCUT2D eigenvalue weighted by Gasteiger charge is -2.04. The highest BCUT2D eigenvalue weighted by atomic mass is 16.5. The van der Waals surface area contributed by atoms with Crippen LogP contribution in [0.5, 0.6) is 5.88 Å². The molecule has 0 saturated carbocycles. The molecule has 3 nitrogen and oxygen atoms in total. The van der Waals surface area contributed by atoms with Crippen LogP contribution in [0.4, 0.5) is 0 Å². The van der Waals surface area contributed by atoms with Gasteiger partial charge in [0.1, 0.15) is 0 Å². The number of nitrogens with zero attached hydrogens (tertiary/aromatic N) is 1. The average molecular weight is 309 g/mol. The van der Waals surface area contributed by atoms with E-state index in [0.717, 1.165) is 18.9 Å². The number of ether oxygens (including phenoxy) is 1. The summed E-state index contributed by atoms with van der Waals surface area (Å²) in [7, 11) is 0. The van der Waals surface area contributed by atoms with Gasteiger partial charge in [-0.05, 0) is 6.42 Å². The number of unbranched alkanes of at least 4 members (excludes halogenated alkanes) is 13. The molecule has 0 aliphatic heterocycles. The fraction of sp³-hybridized carbons (Fsp3) is 0.842. The van der Waals surface area contributed by atoms with Crippen LogP contribution in [0.3, 0.4) is 0 Å². The molecule has 0 aliphatic carbocycles. The van der Waals surface area contributed by atoms with Crippen molar-refractivity contribution in [3.05, 3.63) is 12.3 Å². The SMILES string of the molecule is CCCCCCCCCCCCCCCCOc1ccn[nH]1. The van der Waals surface area contributed by atoms with Crippen LogP contribution in [0.2, 0.25) is 0 Å². The van der Waals surface area contributed by atoms with E-state index in [0.29, 0.717) is 0 Å². The molecule has 1 rings (SSSR count). The summed E-state index contributed by atoms with van der Waals surface area (Å²) in [4.78, 5) is 0. The molecule has 128 valence electrons. The average Bonchev–Trinajstić information content (AvgIpc) is 3.04. The Labute approximate surface area is 137 Å². The summed E-state index contributed by atoms with van der Waals surface area (Å²) < 4.78 is 5.53. The number of nitrogens with one attached hydrogen (secondary N) is 1. The molecule has 0 atom stereocenters. The Morgan fingerprint density at radius 3 is 1.73 bits per heavy atom. The maximum absolute atomic E-state index is 5.53. The molecule has 1 N–H and O–H groups in total. The zero-order valence-electron chi connectivity index (χ0n) is 14.6. The van der Waals surface area contributed by atoms with Crippen molar-refractivity contribution in [1.82, 2.24) is 10.2 Å². The van der Waals surface area contributed by atoms with E-state index in [1.54, 1.807) is 6.20 Å². The van der Waals surface area contributed by atoms with Crippen molar-refractivity contribution < 1.29 is 4.74 Å². The lowest BCUT2D eigenvalue weighted by molar-refractivity contribution is 0.292. The van der Waals surface area contributed by atoms with Crippen molar-refractivity contribution in [2.75, 3.05) is 6.61 Å². The Bertz CT molecular complexity index is 311. The van der Waals surface area contributed by atoms with Gasteiger partial charge in [-0.3, -0.25) is 0 Å². The normalized spacial score (nSPS) is 11.0. The van der Waals surface area contributed by atoms with Crippen molar-refractivity contribution in [2.45, 2.75) is 96.8 Å². The highest BCUT2D eigenvalue weighted by molar-refractivity contribution is 5.03. The van der Waals surface area contributed by atoms with E-state index in [9.17, 15) is 0 Å². The predicted octanol–water partition coefficient (Wildman–Crippen LogP) is 6.27. The number of H-pyrrole nitrogens is 1. The van der Waals surface area contributed by atoms with Crippen LogP contribution in [0, 0.1) is 0 Å². The Balaban J connectivity index is 1.68. The van der Waals surface area contributed by atoms with Gasteiger partial charge < -0.3 is 4.74 Å². The smallest absolute Gasteiger partial charge is 0.208 e. The van der Waals surface area contributed by atoms with E-state index in [4.69, 9.17) is 4.74 Å². The summed E-state index contributed by atoms with van der Waals surface area (Å²) in [5.74, 6) is 0.787. The highest BCUT2D eigenvalue weighted by Crippen LogP contribution is 2.13.